The van der Waals surface area contributed by atoms with Crippen LogP contribution in [0.3, 0.4) is 0 Å². The summed E-state index contributed by atoms with van der Waals surface area (Å²) in [5.41, 5.74) is 1.68. The van der Waals surface area contributed by atoms with Crippen LogP contribution in [0.5, 0.6) is 0 Å². The molecule has 2 nitrogen and oxygen atoms in total. The highest BCUT2D eigenvalue weighted by molar-refractivity contribution is 5.80. The van der Waals surface area contributed by atoms with E-state index in [1.54, 1.807) is 37.3 Å². The third kappa shape index (κ3) is 1.57. The second-order valence-electron chi connectivity index (χ2n) is 4.16. The molecule has 0 amide bonds. The lowest BCUT2D eigenvalue weighted by Gasteiger charge is -2.01. The summed E-state index contributed by atoms with van der Waals surface area (Å²) < 4.78 is 27.5. The second kappa shape index (κ2) is 3.91. The van der Waals surface area contributed by atoms with E-state index in [1.165, 1.54) is 6.07 Å². The Bertz CT molecular complexity index is 732. The Morgan fingerprint density at radius 2 is 1.83 bits per heavy atom. The molecule has 0 fully saturated rings. The number of benzene rings is 2. The minimum Gasteiger partial charge on any atom is -0.338 e. The summed E-state index contributed by atoms with van der Waals surface area (Å²) in [4.78, 5) is 7.04. The molecular weight excluding hydrogens is 234 g/mol. The third-order valence-electron chi connectivity index (χ3n) is 2.91. The van der Waals surface area contributed by atoms with Gasteiger partial charge in [0, 0.05) is 0 Å². The summed E-state index contributed by atoms with van der Waals surface area (Å²) in [5, 5.41) is 0. The van der Waals surface area contributed by atoms with Gasteiger partial charge in [-0.3, -0.25) is 0 Å². The van der Waals surface area contributed by atoms with Crippen LogP contribution in [0.2, 0.25) is 0 Å². The number of para-hydroxylation sites is 1. The maximum Gasteiger partial charge on any atom is 0.151 e. The smallest absolute Gasteiger partial charge is 0.151 e. The number of aromatic nitrogens is 2. The Morgan fingerprint density at radius 1 is 1.06 bits per heavy atom. The van der Waals surface area contributed by atoms with Crippen molar-refractivity contribution in [2.45, 2.75) is 6.92 Å². The fraction of sp³-hybridized carbons (Fsp3) is 0.0714. The van der Waals surface area contributed by atoms with Gasteiger partial charge >= 0.3 is 0 Å². The van der Waals surface area contributed by atoms with E-state index in [0.717, 1.165) is 0 Å². The van der Waals surface area contributed by atoms with Crippen LogP contribution in [0, 0.1) is 18.6 Å². The first-order valence-corrected chi connectivity index (χ1v) is 5.56. The van der Waals surface area contributed by atoms with Crippen molar-refractivity contribution in [2.75, 3.05) is 0 Å². The Kier molecular flexibility index (Phi) is 2.37. The fourth-order valence-electron chi connectivity index (χ4n) is 1.96. The van der Waals surface area contributed by atoms with Crippen molar-refractivity contribution in [1.29, 1.82) is 0 Å². The molecule has 3 rings (SSSR count). The van der Waals surface area contributed by atoms with Gasteiger partial charge in [0.1, 0.15) is 17.2 Å². The van der Waals surface area contributed by atoms with Crippen molar-refractivity contribution in [3.63, 3.8) is 0 Å². The van der Waals surface area contributed by atoms with Crippen LogP contribution < -0.4 is 0 Å². The van der Waals surface area contributed by atoms with Crippen LogP contribution in [0.15, 0.2) is 36.4 Å². The summed E-state index contributed by atoms with van der Waals surface area (Å²) >= 11 is 0. The number of hydrogen-bond acceptors (Lipinski definition) is 1. The van der Waals surface area contributed by atoms with E-state index < -0.39 is 5.82 Å². The topological polar surface area (TPSA) is 28.7 Å². The first-order valence-electron chi connectivity index (χ1n) is 5.56. The molecule has 0 saturated heterocycles. The average Bonchev–Trinajstić information content (AvgIpc) is 2.78. The van der Waals surface area contributed by atoms with Gasteiger partial charge < -0.3 is 4.98 Å². The third-order valence-corrected chi connectivity index (χ3v) is 2.91. The SMILES string of the molecule is Cc1cccc(-c2nc3c(F)cccc3[nH]2)c1F. The number of hydrogen-bond donors (Lipinski definition) is 1. The first-order chi connectivity index (χ1) is 8.66. The predicted octanol–water partition coefficient (Wildman–Crippen LogP) is 3.82. The molecule has 0 atom stereocenters. The summed E-state index contributed by atoms with van der Waals surface area (Å²) in [5.74, 6) is -0.406. The number of aryl methyl sites for hydroxylation is 1. The van der Waals surface area contributed by atoms with Crippen molar-refractivity contribution < 1.29 is 8.78 Å². The van der Waals surface area contributed by atoms with Crippen molar-refractivity contribution in [3.8, 4) is 11.4 Å². The molecule has 0 saturated carbocycles. The van der Waals surface area contributed by atoms with E-state index in [2.05, 4.69) is 9.97 Å². The van der Waals surface area contributed by atoms with Gasteiger partial charge in [-0.2, -0.15) is 0 Å². The standard InChI is InChI=1S/C14H10F2N2/c1-8-4-2-5-9(12(8)16)14-17-11-7-3-6-10(15)13(11)18-14/h2-7H,1H3,(H,17,18). The number of rotatable bonds is 1. The van der Waals surface area contributed by atoms with Gasteiger partial charge in [0.05, 0.1) is 11.1 Å². The van der Waals surface area contributed by atoms with Gasteiger partial charge in [-0.25, -0.2) is 13.8 Å². The van der Waals surface area contributed by atoms with Gasteiger partial charge in [-0.1, -0.05) is 18.2 Å². The number of nitrogens with zero attached hydrogens (tertiary/aromatic N) is 1. The zero-order valence-corrected chi connectivity index (χ0v) is 9.67. The lowest BCUT2D eigenvalue weighted by atomic mass is 10.1. The molecule has 4 heteroatoms. The van der Waals surface area contributed by atoms with Gasteiger partial charge in [-0.15, -0.1) is 0 Å². The molecule has 0 aliphatic rings. The molecule has 0 aliphatic heterocycles. The van der Waals surface area contributed by atoms with E-state index in [4.69, 9.17) is 0 Å². The van der Waals surface area contributed by atoms with E-state index >= 15 is 0 Å². The Labute approximate surface area is 102 Å². The van der Waals surface area contributed by atoms with Crippen LogP contribution in [0.4, 0.5) is 8.78 Å². The molecule has 0 bridgehead atoms. The molecule has 0 spiro atoms. The molecule has 2 aromatic carbocycles. The summed E-state index contributed by atoms with van der Waals surface area (Å²) in [6.07, 6.45) is 0. The molecule has 3 aromatic rings. The van der Waals surface area contributed by atoms with Gasteiger partial charge in [0.15, 0.2) is 5.82 Å². The van der Waals surface area contributed by atoms with E-state index in [1.807, 2.05) is 0 Å². The van der Waals surface area contributed by atoms with Crippen LogP contribution in [0.25, 0.3) is 22.4 Å². The van der Waals surface area contributed by atoms with Gasteiger partial charge in [-0.05, 0) is 30.7 Å². The molecule has 0 aliphatic carbocycles. The van der Waals surface area contributed by atoms with Gasteiger partial charge in [0.2, 0.25) is 0 Å². The van der Waals surface area contributed by atoms with Crippen molar-refractivity contribution in [3.05, 3.63) is 53.6 Å². The molecule has 18 heavy (non-hydrogen) atoms. The highest BCUT2D eigenvalue weighted by atomic mass is 19.1. The highest BCUT2D eigenvalue weighted by Crippen LogP contribution is 2.25. The highest BCUT2D eigenvalue weighted by Gasteiger charge is 2.13. The number of aromatic amines is 1. The van der Waals surface area contributed by atoms with Crippen molar-refractivity contribution >= 4 is 11.0 Å². The predicted molar refractivity (Wildman–Crippen MR) is 66.2 cm³/mol. The van der Waals surface area contributed by atoms with Crippen LogP contribution in [0.1, 0.15) is 5.56 Å². The maximum absolute atomic E-state index is 14.0. The molecule has 0 radical (unpaired) electrons. The summed E-state index contributed by atoms with van der Waals surface area (Å²) in [6.45, 7) is 1.68. The number of halogens is 2. The van der Waals surface area contributed by atoms with Crippen molar-refractivity contribution in [2.24, 2.45) is 0 Å². The Hall–Kier alpha value is -2.23. The monoisotopic (exact) mass is 244 g/mol. The number of fused-ring (bicyclic) bond motifs is 1. The molecule has 0 unspecified atom stereocenters. The zero-order chi connectivity index (χ0) is 12.7. The number of imidazole rings is 1. The first kappa shape index (κ1) is 10.9. The molecule has 1 aromatic heterocycles. The Morgan fingerprint density at radius 3 is 2.61 bits per heavy atom. The number of H-pyrrole nitrogens is 1. The Balaban J connectivity index is 2.26. The average molecular weight is 244 g/mol. The molecular formula is C14H10F2N2. The lowest BCUT2D eigenvalue weighted by Crippen LogP contribution is -1.89. The summed E-state index contributed by atoms with van der Waals surface area (Å²) in [7, 11) is 0. The van der Waals surface area contributed by atoms with Crippen LogP contribution in [-0.4, -0.2) is 9.97 Å². The fourth-order valence-corrected chi connectivity index (χ4v) is 1.96. The largest absolute Gasteiger partial charge is 0.338 e. The normalized spacial score (nSPS) is 11.1. The second-order valence-corrected chi connectivity index (χ2v) is 4.16. The minimum atomic E-state index is -0.414. The van der Waals surface area contributed by atoms with E-state index in [9.17, 15) is 8.78 Å². The van der Waals surface area contributed by atoms with E-state index in [0.29, 0.717) is 22.5 Å². The van der Waals surface area contributed by atoms with Crippen LogP contribution >= 0.6 is 0 Å². The lowest BCUT2D eigenvalue weighted by molar-refractivity contribution is 0.621. The van der Waals surface area contributed by atoms with E-state index in [-0.39, 0.29) is 11.3 Å². The molecule has 1 heterocycles. The quantitative estimate of drug-likeness (QED) is 0.692. The zero-order valence-electron chi connectivity index (χ0n) is 9.67. The van der Waals surface area contributed by atoms with Crippen molar-refractivity contribution in [1.82, 2.24) is 9.97 Å². The minimum absolute atomic E-state index is 0.230. The maximum atomic E-state index is 14.0. The summed E-state index contributed by atoms with van der Waals surface area (Å²) in [6, 6.07) is 9.69. The molecule has 1 N–H and O–H groups in total. The van der Waals surface area contributed by atoms with Gasteiger partial charge in [0.25, 0.3) is 0 Å². The number of nitrogens with one attached hydrogen (secondary N) is 1. The molecule has 90 valence electrons. The van der Waals surface area contributed by atoms with Crippen LogP contribution in [-0.2, 0) is 0 Å².